The zero-order valence-corrected chi connectivity index (χ0v) is 8.51. The largest absolute Gasteiger partial charge is 0.465 e. The summed E-state index contributed by atoms with van der Waals surface area (Å²) in [6, 6.07) is 0. The number of rotatable bonds is 5. The quantitative estimate of drug-likeness (QED) is 0.482. The van der Waals surface area contributed by atoms with Gasteiger partial charge < -0.3 is 4.74 Å². The van der Waals surface area contributed by atoms with Crippen molar-refractivity contribution in [3.63, 3.8) is 0 Å². The van der Waals surface area contributed by atoms with E-state index in [0.717, 1.165) is 6.42 Å². The minimum absolute atomic E-state index is 0.128. The predicted octanol–water partition coefficient (Wildman–Crippen LogP) is 2.54. The number of hydrogen-bond donors (Lipinski definition) is 0. The highest BCUT2D eigenvalue weighted by atomic mass is 16.5. The van der Waals surface area contributed by atoms with E-state index in [1.165, 1.54) is 12.8 Å². The number of esters is 1. The van der Waals surface area contributed by atoms with E-state index in [1.807, 2.05) is 13.8 Å². The third-order valence-electron chi connectivity index (χ3n) is 2.60. The highest BCUT2D eigenvalue weighted by Crippen LogP contribution is 2.41. The van der Waals surface area contributed by atoms with E-state index >= 15 is 0 Å². The summed E-state index contributed by atoms with van der Waals surface area (Å²) in [5.41, 5.74) is -0.461. The lowest BCUT2D eigenvalue weighted by Gasteiger charge is -2.22. The van der Waals surface area contributed by atoms with Crippen LogP contribution in [0.2, 0.25) is 0 Å². The van der Waals surface area contributed by atoms with Gasteiger partial charge in [0.1, 0.15) is 0 Å². The highest BCUT2D eigenvalue weighted by Gasteiger charge is 2.37. The maximum atomic E-state index is 11.6. The van der Waals surface area contributed by atoms with Crippen LogP contribution in [0.1, 0.15) is 33.1 Å². The van der Waals surface area contributed by atoms with Crippen molar-refractivity contribution in [3.05, 3.63) is 12.7 Å². The maximum Gasteiger partial charge on any atom is 0.315 e. The van der Waals surface area contributed by atoms with Gasteiger partial charge in [0, 0.05) is 0 Å². The molecule has 0 N–H and O–H groups in total. The van der Waals surface area contributed by atoms with E-state index in [9.17, 15) is 4.79 Å². The molecule has 74 valence electrons. The third-order valence-corrected chi connectivity index (χ3v) is 2.60. The van der Waals surface area contributed by atoms with Gasteiger partial charge in [0.15, 0.2) is 0 Å². The zero-order chi connectivity index (χ0) is 9.90. The van der Waals surface area contributed by atoms with E-state index in [4.69, 9.17) is 4.74 Å². The minimum atomic E-state index is -0.461. The van der Waals surface area contributed by atoms with Gasteiger partial charge in [-0.3, -0.25) is 4.79 Å². The van der Waals surface area contributed by atoms with E-state index < -0.39 is 5.41 Å². The molecule has 13 heavy (non-hydrogen) atoms. The maximum absolute atomic E-state index is 11.6. The molecule has 0 aromatic carbocycles. The molecule has 0 aliphatic heterocycles. The van der Waals surface area contributed by atoms with E-state index in [1.54, 1.807) is 6.08 Å². The van der Waals surface area contributed by atoms with Crippen molar-refractivity contribution in [1.29, 1.82) is 0 Å². The van der Waals surface area contributed by atoms with Crippen molar-refractivity contribution < 1.29 is 9.53 Å². The summed E-state index contributed by atoms with van der Waals surface area (Å²) in [7, 11) is 0. The summed E-state index contributed by atoms with van der Waals surface area (Å²) in [5, 5.41) is 0. The lowest BCUT2D eigenvalue weighted by atomic mass is 9.85. The van der Waals surface area contributed by atoms with Gasteiger partial charge in [-0.05, 0) is 26.2 Å². The van der Waals surface area contributed by atoms with Crippen LogP contribution in [0.4, 0.5) is 0 Å². The lowest BCUT2D eigenvalue weighted by Crippen LogP contribution is -2.28. The molecule has 1 rings (SSSR count). The average Bonchev–Trinajstić information content (AvgIpc) is 2.88. The van der Waals surface area contributed by atoms with Gasteiger partial charge in [-0.25, -0.2) is 0 Å². The topological polar surface area (TPSA) is 26.3 Å². The molecule has 1 aliphatic rings. The fraction of sp³-hybridized carbons (Fsp3) is 0.727. The van der Waals surface area contributed by atoms with Crippen molar-refractivity contribution in [3.8, 4) is 0 Å². The van der Waals surface area contributed by atoms with Gasteiger partial charge in [-0.1, -0.05) is 18.9 Å². The van der Waals surface area contributed by atoms with Gasteiger partial charge in [-0.15, -0.1) is 6.58 Å². The van der Waals surface area contributed by atoms with E-state index in [2.05, 4.69) is 6.58 Å². The molecule has 1 atom stereocenters. The van der Waals surface area contributed by atoms with E-state index in [-0.39, 0.29) is 5.97 Å². The highest BCUT2D eigenvalue weighted by molar-refractivity contribution is 5.78. The molecule has 2 heteroatoms. The molecule has 0 heterocycles. The Morgan fingerprint density at radius 2 is 2.31 bits per heavy atom. The van der Waals surface area contributed by atoms with Crippen LogP contribution in [0.15, 0.2) is 12.7 Å². The first-order chi connectivity index (χ1) is 6.12. The van der Waals surface area contributed by atoms with Crippen molar-refractivity contribution in [2.24, 2.45) is 11.3 Å². The smallest absolute Gasteiger partial charge is 0.315 e. The number of carbonyl (C=O) groups is 1. The molecule has 0 saturated heterocycles. The zero-order valence-electron chi connectivity index (χ0n) is 8.51. The Kier molecular flexibility index (Phi) is 3.12. The lowest BCUT2D eigenvalue weighted by molar-refractivity contribution is -0.152. The second-order valence-corrected chi connectivity index (χ2v) is 3.99. The number of hydrogen-bond acceptors (Lipinski definition) is 2. The Morgan fingerprint density at radius 3 is 2.69 bits per heavy atom. The summed E-state index contributed by atoms with van der Waals surface area (Å²) in [5.74, 6) is 0.587. The summed E-state index contributed by atoms with van der Waals surface area (Å²) >= 11 is 0. The van der Waals surface area contributed by atoms with Crippen LogP contribution in [-0.2, 0) is 9.53 Å². The molecule has 0 amide bonds. The van der Waals surface area contributed by atoms with Crippen molar-refractivity contribution >= 4 is 5.97 Å². The monoisotopic (exact) mass is 182 g/mol. The fourth-order valence-corrected chi connectivity index (χ4v) is 1.47. The van der Waals surface area contributed by atoms with Crippen molar-refractivity contribution in [1.82, 2.24) is 0 Å². The Balaban J connectivity index is 2.54. The molecule has 0 spiro atoms. The van der Waals surface area contributed by atoms with Gasteiger partial charge in [0.2, 0.25) is 0 Å². The average molecular weight is 182 g/mol. The van der Waals surface area contributed by atoms with Crippen LogP contribution >= 0.6 is 0 Å². The summed E-state index contributed by atoms with van der Waals surface area (Å²) in [4.78, 5) is 11.6. The molecule has 2 nitrogen and oxygen atoms in total. The first kappa shape index (κ1) is 10.3. The molecular weight excluding hydrogens is 164 g/mol. The molecule has 1 saturated carbocycles. The minimum Gasteiger partial charge on any atom is -0.465 e. The first-order valence-electron chi connectivity index (χ1n) is 4.93. The Bertz CT molecular complexity index is 206. The van der Waals surface area contributed by atoms with Gasteiger partial charge in [0.25, 0.3) is 0 Å². The Morgan fingerprint density at radius 1 is 1.69 bits per heavy atom. The second kappa shape index (κ2) is 3.95. The summed E-state index contributed by atoms with van der Waals surface area (Å²) in [6.07, 6.45) is 5.13. The van der Waals surface area contributed by atoms with Crippen LogP contribution in [0.3, 0.4) is 0 Å². The molecule has 1 aliphatic carbocycles. The fourth-order valence-electron chi connectivity index (χ4n) is 1.47. The summed E-state index contributed by atoms with van der Waals surface area (Å²) in [6.45, 7) is 7.91. The molecule has 0 aromatic rings. The number of ether oxygens (including phenoxy) is 1. The van der Waals surface area contributed by atoms with Crippen molar-refractivity contribution in [2.45, 2.75) is 33.1 Å². The third kappa shape index (κ3) is 2.58. The van der Waals surface area contributed by atoms with Gasteiger partial charge in [-0.2, -0.15) is 0 Å². The summed E-state index contributed by atoms with van der Waals surface area (Å²) < 4.78 is 5.02. The van der Waals surface area contributed by atoms with Crippen LogP contribution in [0, 0.1) is 11.3 Å². The van der Waals surface area contributed by atoms with Crippen LogP contribution in [-0.4, -0.2) is 12.6 Å². The van der Waals surface area contributed by atoms with E-state index in [0.29, 0.717) is 12.5 Å². The molecular formula is C11H18O2. The normalized spacial score (nSPS) is 20.5. The molecule has 1 fully saturated rings. The SMILES string of the molecule is C=CC(C)(CC1CC1)C(=O)OCC. The van der Waals surface area contributed by atoms with Gasteiger partial charge >= 0.3 is 5.97 Å². The Hall–Kier alpha value is -0.790. The van der Waals surface area contributed by atoms with Crippen LogP contribution in [0.5, 0.6) is 0 Å². The molecule has 0 bridgehead atoms. The molecule has 0 aromatic heterocycles. The predicted molar refractivity (Wildman–Crippen MR) is 52.3 cm³/mol. The molecule has 1 unspecified atom stereocenters. The van der Waals surface area contributed by atoms with Crippen LogP contribution in [0.25, 0.3) is 0 Å². The Labute approximate surface area is 80.0 Å². The van der Waals surface area contributed by atoms with Gasteiger partial charge in [0.05, 0.1) is 12.0 Å². The van der Waals surface area contributed by atoms with Crippen molar-refractivity contribution in [2.75, 3.05) is 6.61 Å². The first-order valence-corrected chi connectivity index (χ1v) is 4.93. The standard InChI is InChI=1S/C11H18O2/c1-4-11(3,8-9-6-7-9)10(12)13-5-2/h4,9H,1,5-8H2,2-3H3. The molecule has 0 radical (unpaired) electrons. The second-order valence-electron chi connectivity index (χ2n) is 3.99. The van der Waals surface area contributed by atoms with Crippen LogP contribution < -0.4 is 0 Å². The number of carbonyl (C=O) groups excluding carboxylic acids is 1.